The molecule has 0 aromatic heterocycles. The van der Waals surface area contributed by atoms with E-state index in [9.17, 15) is 4.79 Å². The second-order valence-electron chi connectivity index (χ2n) is 7.38. The zero-order valence-corrected chi connectivity index (χ0v) is 18.2. The molecular formula is C23H30N2O5. The molecule has 2 aromatic rings. The first kappa shape index (κ1) is 21.8. The van der Waals surface area contributed by atoms with Crippen LogP contribution in [-0.2, 0) is 17.6 Å². The van der Waals surface area contributed by atoms with Gasteiger partial charge < -0.3 is 24.7 Å². The van der Waals surface area contributed by atoms with Crippen LogP contribution in [0.3, 0.4) is 0 Å². The topological polar surface area (TPSA) is 83.3 Å². The highest BCUT2D eigenvalue weighted by molar-refractivity contribution is 5.79. The van der Waals surface area contributed by atoms with Crippen LogP contribution in [0.1, 0.15) is 29.7 Å². The standard InChI is InChI=1S/C23H30N2O5/c1-14(23(24)26)25-9-8-16-12-21(29-4)22(30-5)13-17(16)18(25)10-15-6-7-19(27-2)20(11-15)28-3/h6-7,11-14,18H,8-10H2,1-5H3,(H2,24,26). The van der Waals surface area contributed by atoms with Gasteiger partial charge in [0.05, 0.1) is 34.5 Å². The highest BCUT2D eigenvalue weighted by Gasteiger charge is 2.34. The minimum absolute atomic E-state index is 0.0471. The number of carbonyl (C=O) groups is 1. The fraction of sp³-hybridized carbons (Fsp3) is 0.435. The molecule has 7 nitrogen and oxygen atoms in total. The number of hydrogen-bond donors (Lipinski definition) is 1. The Kier molecular flexibility index (Phi) is 6.72. The molecule has 2 unspecified atom stereocenters. The number of primary amides is 1. The average Bonchev–Trinajstić information content (AvgIpc) is 2.77. The van der Waals surface area contributed by atoms with Gasteiger partial charge in [-0.3, -0.25) is 9.69 Å². The molecule has 2 N–H and O–H groups in total. The molecule has 0 saturated carbocycles. The van der Waals surface area contributed by atoms with Crippen molar-refractivity contribution in [3.8, 4) is 23.0 Å². The van der Waals surface area contributed by atoms with Crippen LogP contribution in [0.4, 0.5) is 0 Å². The van der Waals surface area contributed by atoms with Gasteiger partial charge in [-0.25, -0.2) is 0 Å². The largest absolute Gasteiger partial charge is 0.493 e. The van der Waals surface area contributed by atoms with Crippen molar-refractivity contribution in [3.05, 3.63) is 47.0 Å². The number of nitrogens with two attached hydrogens (primary N) is 1. The van der Waals surface area contributed by atoms with Gasteiger partial charge in [0.2, 0.25) is 5.91 Å². The molecule has 3 rings (SSSR count). The summed E-state index contributed by atoms with van der Waals surface area (Å²) in [5.74, 6) is 2.39. The first-order chi connectivity index (χ1) is 14.4. The van der Waals surface area contributed by atoms with Crippen LogP contribution in [0.2, 0.25) is 0 Å². The van der Waals surface area contributed by atoms with Crippen molar-refractivity contribution in [2.45, 2.75) is 31.8 Å². The molecule has 2 atom stereocenters. The molecular weight excluding hydrogens is 384 g/mol. The van der Waals surface area contributed by atoms with Crippen molar-refractivity contribution in [2.75, 3.05) is 35.0 Å². The molecule has 1 aliphatic rings. The Morgan fingerprint density at radius 3 is 2.20 bits per heavy atom. The van der Waals surface area contributed by atoms with E-state index in [1.165, 1.54) is 5.56 Å². The van der Waals surface area contributed by atoms with Crippen LogP contribution in [0, 0.1) is 0 Å². The third-order valence-corrected chi connectivity index (χ3v) is 5.83. The molecule has 0 aliphatic carbocycles. The minimum Gasteiger partial charge on any atom is -0.493 e. The molecule has 1 aliphatic heterocycles. The maximum Gasteiger partial charge on any atom is 0.234 e. The first-order valence-electron chi connectivity index (χ1n) is 9.94. The van der Waals surface area contributed by atoms with Crippen LogP contribution in [0.25, 0.3) is 0 Å². The zero-order chi connectivity index (χ0) is 21.8. The monoisotopic (exact) mass is 414 g/mol. The number of fused-ring (bicyclic) bond motifs is 1. The first-order valence-corrected chi connectivity index (χ1v) is 9.94. The molecule has 30 heavy (non-hydrogen) atoms. The number of benzene rings is 2. The predicted molar refractivity (Wildman–Crippen MR) is 115 cm³/mol. The van der Waals surface area contributed by atoms with E-state index in [-0.39, 0.29) is 11.9 Å². The lowest BCUT2D eigenvalue weighted by Gasteiger charge is -2.40. The van der Waals surface area contributed by atoms with E-state index in [2.05, 4.69) is 4.90 Å². The van der Waals surface area contributed by atoms with Crippen molar-refractivity contribution in [2.24, 2.45) is 5.73 Å². The SMILES string of the molecule is COc1ccc(CC2c3cc(OC)c(OC)cc3CCN2C(C)C(N)=O)cc1OC. The van der Waals surface area contributed by atoms with Gasteiger partial charge in [0.1, 0.15) is 0 Å². The van der Waals surface area contributed by atoms with E-state index in [4.69, 9.17) is 24.7 Å². The van der Waals surface area contributed by atoms with Gasteiger partial charge in [0, 0.05) is 12.6 Å². The van der Waals surface area contributed by atoms with Crippen LogP contribution >= 0.6 is 0 Å². The number of rotatable bonds is 8. The van der Waals surface area contributed by atoms with Crippen LogP contribution in [0.15, 0.2) is 30.3 Å². The maximum atomic E-state index is 12.0. The predicted octanol–water partition coefficient (Wildman–Crippen LogP) is 2.74. The Bertz CT molecular complexity index is 915. The molecule has 0 bridgehead atoms. The highest BCUT2D eigenvalue weighted by atomic mass is 16.5. The second kappa shape index (κ2) is 9.26. The van der Waals surface area contributed by atoms with Gasteiger partial charge in [0.25, 0.3) is 0 Å². The number of hydrogen-bond acceptors (Lipinski definition) is 6. The van der Waals surface area contributed by atoms with Gasteiger partial charge in [0.15, 0.2) is 23.0 Å². The van der Waals surface area contributed by atoms with Crippen molar-refractivity contribution in [3.63, 3.8) is 0 Å². The van der Waals surface area contributed by atoms with Crippen molar-refractivity contribution in [1.82, 2.24) is 4.90 Å². The molecule has 0 saturated heterocycles. The smallest absolute Gasteiger partial charge is 0.234 e. The summed E-state index contributed by atoms with van der Waals surface area (Å²) in [6.07, 6.45) is 1.48. The summed E-state index contributed by atoms with van der Waals surface area (Å²) in [7, 11) is 6.50. The summed E-state index contributed by atoms with van der Waals surface area (Å²) in [5.41, 5.74) is 9.04. The fourth-order valence-electron chi connectivity index (χ4n) is 4.13. The molecule has 1 amide bonds. The van der Waals surface area contributed by atoms with Crippen molar-refractivity contribution in [1.29, 1.82) is 0 Å². The maximum absolute atomic E-state index is 12.0. The number of amides is 1. The van der Waals surface area contributed by atoms with E-state index in [0.717, 1.165) is 24.1 Å². The molecule has 0 radical (unpaired) electrons. The van der Waals surface area contributed by atoms with Crippen LogP contribution in [0.5, 0.6) is 23.0 Å². The number of methoxy groups -OCH3 is 4. The highest BCUT2D eigenvalue weighted by Crippen LogP contribution is 2.41. The Morgan fingerprint density at radius 1 is 1.00 bits per heavy atom. The van der Waals surface area contributed by atoms with Gasteiger partial charge in [-0.2, -0.15) is 0 Å². The van der Waals surface area contributed by atoms with Gasteiger partial charge in [-0.05, 0) is 60.7 Å². The lowest BCUT2D eigenvalue weighted by Crippen LogP contribution is -2.48. The summed E-state index contributed by atoms with van der Waals surface area (Å²) in [6.45, 7) is 2.58. The molecule has 7 heteroatoms. The van der Waals surface area contributed by atoms with Crippen molar-refractivity contribution >= 4 is 5.91 Å². The third kappa shape index (κ3) is 4.16. The summed E-state index contributed by atoms with van der Waals surface area (Å²) >= 11 is 0. The average molecular weight is 415 g/mol. The number of ether oxygens (including phenoxy) is 4. The zero-order valence-electron chi connectivity index (χ0n) is 18.2. The third-order valence-electron chi connectivity index (χ3n) is 5.83. The lowest BCUT2D eigenvalue weighted by molar-refractivity contribution is -0.123. The summed E-state index contributed by atoms with van der Waals surface area (Å²) in [4.78, 5) is 14.2. The van der Waals surface area contributed by atoms with E-state index in [0.29, 0.717) is 29.4 Å². The van der Waals surface area contributed by atoms with E-state index in [1.807, 2.05) is 37.3 Å². The molecule has 0 fully saturated rings. The Balaban J connectivity index is 2.06. The Labute approximate surface area is 177 Å². The fourth-order valence-corrected chi connectivity index (χ4v) is 4.13. The van der Waals surface area contributed by atoms with E-state index >= 15 is 0 Å². The van der Waals surface area contributed by atoms with Gasteiger partial charge in [-0.15, -0.1) is 0 Å². The normalized spacial score (nSPS) is 17.0. The van der Waals surface area contributed by atoms with Crippen molar-refractivity contribution < 1.29 is 23.7 Å². The van der Waals surface area contributed by atoms with Crippen LogP contribution in [-0.4, -0.2) is 51.8 Å². The van der Waals surface area contributed by atoms with Crippen LogP contribution < -0.4 is 24.7 Å². The molecule has 2 aromatic carbocycles. The number of carbonyl (C=O) groups excluding carboxylic acids is 1. The minimum atomic E-state index is -0.392. The lowest BCUT2D eigenvalue weighted by atomic mass is 9.87. The van der Waals surface area contributed by atoms with Gasteiger partial charge >= 0.3 is 0 Å². The quantitative estimate of drug-likeness (QED) is 0.715. The number of nitrogens with zero attached hydrogens (tertiary/aromatic N) is 1. The van der Waals surface area contributed by atoms with E-state index in [1.54, 1.807) is 28.4 Å². The molecule has 162 valence electrons. The second-order valence-corrected chi connectivity index (χ2v) is 7.38. The Morgan fingerprint density at radius 2 is 1.60 bits per heavy atom. The summed E-state index contributed by atoms with van der Waals surface area (Å²) < 4.78 is 21.8. The van der Waals surface area contributed by atoms with Gasteiger partial charge in [-0.1, -0.05) is 6.07 Å². The van der Waals surface area contributed by atoms with E-state index < -0.39 is 6.04 Å². The summed E-state index contributed by atoms with van der Waals surface area (Å²) in [5, 5.41) is 0. The Hall–Kier alpha value is -2.93. The molecule has 0 spiro atoms. The molecule has 1 heterocycles. The summed E-state index contributed by atoms with van der Waals surface area (Å²) in [6, 6.07) is 9.49.